The quantitative estimate of drug-likeness (QED) is 0.260. The van der Waals surface area contributed by atoms with E-state index in [1.807, 2.05) is 0 Å². The third kappa shape index (κ3) is 9.41. The predicted octanol–water partition coefficient (Wildman–Crippen LogP) is -4.16. The molecular formula is C2HLiMnO4. The second-order valence-corrected chi connectivity index (χ2v) is 0.575. The van der Waals surface area contributed by atoms with Crippen molar-refractivity contribution in [3.63, 3.8) is 0 Å². The number of aliphatic carboxylic acids is 2. The monoisotopic (exact) mass is 151 g/mol. The fraction of sp³-hybridized carbons (Fsp3) is 0. The van der Waals surface area contributed by atoms with Gasteiger partial charge in [0, 0.05) is 0 Å². The Labute approximate surface area is 67.9 Å². The van der Waals surface area contributed by atoms with Gasteiger partial charge in [-0.2, -0.15) is 0 Å². The van der Waals surface area contributed by atoms with Crippen molar-refractivity contribution in [1.82, 2.24) is 0 Å². The summed E-state index contributed by atoms with van der Waals surface area (Å²) in [5.41, 5.74) is 0. The fourth-order valence-corrected chi connectivity index (χ4v) is 0. The molecule has 41 valence electrons. The van der Waals surface area contributed by atoms with Crippen LogP contribution in [0.25, 0.3) is 0 Å². The van der Waals surface area contributed by atoms with E-state index in [-0.39, 0.29) is 35.9 Å². The molecule has 4 nitrogen and oxygen atoms in total. The maximum Gasteiger partial charge on any atom is 2.00 e. The molecular weight excluding hydrogens is 150 g/mol. The molecule has 0 fully saturated rings. The smallest absolute Gasteiger partial charge is 2.00 e. The summed E-state index contributed by atoms with van der Waals surface area (Å²) >= 11 is 0. The van der Waals surface area contributed by atoms with Gasteiger partial charge in [-0.3, -0.25) is 0 Å². The van der Waals surface area contributed by atoms with Crippen LogP contribution < -0.4 is 10.2 Å². The molecule has 0 bridgehead atoms. The van der Waals surface area contributed by atoms with Gasteiger partial charge in [0.1, 0.15) is 0 Å². The first-order valence-corrected chi connectivity index (χ1v) is 1.07. The van der Waals surface area contributed by atoms with Crippen LogP contribution in [0.1, 0.15) is 0 Å². The van der Waals surface area contributed by atoms with Gasteiger partial charge in [-0.05, 0) is 0 Å². The van der Waals surface area contributed by atoms with E-state index >= 15 is 0 Å². The van der Waals surface area contributed by atoms with Crippen molar-refractivity contribution < 1.29 is 36.9 Å². The number of carboxylic acids is 2. The average Bonchev–Trinajstić information content (AvgIpc) is 1.36. The van der Waals surface area contributed by atoms with E-state index in [4.69, 9.17) is 19.8 Å². The van der Waals surface area contributed by atoms with Crippen LogP contribution in [0.15, 0.2) is 0 Å². The summed E-state index contributed by atoms with van der Waals surface area (Å²) in [6.45, 7) is 0. The van der Waals surface area contributed by atoms with E-state index in [2.05, 4.69) is 0 Å². The molecule has 1 radical (unpaired) electrons. The van der Waals surface area contributed by atoms with Crippen molar-refractivity contribution in [2.24, 2.45) is 0 Å². The first-order valence-electron chi connectivity index (χ1n) is 1.07. The summed E-state index contributed by atoms with van der Waals surface area (Å²) < 4.78 is 0. The Hall–Kier alpha value is 0.0569. The number of carbonyl (C=O) groups is 2. The second kappa shape index (κ2) is 7.06. The molecule has 0 aromatic heterocycles. The molecule has 0 aromatic carbocycles. The van der Waals surface area contributed by atoms with E-state index in [9.17, 15) is 0 Å². The Morgan fingerprint density at radius 3 is 1.12 bits per heavy atom. The van der Waals surface area contributed by atoms with Crippen LogP contribution in [0.3, 0.4) is 0 Å². The first-order chi connectivity index (χ1) is 2.64. The SMILES string of the molecule is O=C([O-])C(=O)[O-].[LiH].[Mn+2]. The molecule has 0 N–H and O–H groups in total. The maximum absolute atomic E-state index is 8.93. The van der Waals surface area contributed by atoms with Crippen molar-refractivity contribution >= 4 is 30.8 Å². The normalized spacial score (nSPS) is 5.50. The third-order valence-corrected chi connectivity index (χ3v) is 0.167. The van der Waals surface area contributed by atoms with Crippen LogP contribution in [0.2, 0.25) is 0 Å². The van der Waals surface area contributed by atoms with Gasteiger partial charge in [-0.1, -0.05) is 0 Å². The van der Waals surface area contributed by atoms with Crippen molar-refractivity contribution in [3.05, 3.63) is 0 Å². The van der Waals surface area contributed by atoms with E-state index in [0.717, 1.165) is 0 Å². The van der Waals surface area contributed by atoms with Crippen LogP contribution >= 0.6 is 0 Å². The molecule has 0 aromatic rings. The van der Waals surface area contributed by atoms with Gasteiger partial charge in [0.15, 0.2) is 0 Å². The van der Waals surface area contributed by atoms with Gasteiger partial charge in [0.2, 0.25) is 0 Å². The zero-order valence-electron chi connectivity index (χ0n) is 3.01. The van der Waals surface area contributed by atoms with Gasteiger partial charge >= 0.3 is 35.9 Å². The molecule has 0 unspecified atom stereocenters. The minimum atomic E-state index is -2.19. The van der Waals surface area contributed by atoms with Gasteiger partial charge in [-0.15, -0.1) is 0 Å². The van der Waals surface area contributed by atoms with Crippen molar-refractivity contribution in [3.8, 4) is 0 Å². The molecule has 0 atom stereocenters. The standard InChI is InChI=1S/C2H2O4.Li.Mn.H/c3-1(4)2(5)6;;;/h(H,3,4)(H,5,6);;;/q;;+2;/p-2. The Balaban J connectivity index is -0.000000125. The molecule has 8 heavy (non-hydrogen) atoms. The fourth-order valence-electron chi connectivity index (χ4n) is 0. The van der Waals surface area contributed by atoms with Crippen LogP contribution in [0.4, 0.5) is 0 Å². The average molecular weight is 151 g/mol. The molecule has 0 saturated heterocycles. The predicted molar refractivity (Wildman–Crippen MR) is 17.2 cm³/mol. The molecule has 0 rings (SSSR count). The molecule has 0 heterocycles. The second-order valence-electron chi connectivity index (χ2n) is 0.575. The molecule has 0 spiro atoms. The van der Waals surface area contributed by atoms with Crippen LogP contribution in [0, 0.1) is 0 Å². The van der Waals surface area contributed by atoms with Gasteiger partial charge in [0.25, 0.3) is 0 Å². The number of rotatable bonds is 0. The molecule has 0 aliphatic heterocycles. The number of hydrogen-bond acceptors (Lipinski definition) is 4. The number of carboxylic acid groups (broad SMARTS) is 2. The first kappa shape index (κ1) is 15.7. The Morgan fingerprint density at radius 2 is 1.12 bits per heavy atom. The zero-order chi connectivity index (χ0) is 5.15. The third-order valence-electron chi connectivity index (χ3n) is 0.167. The molecule has 0 saturated carbocycles. The Bertz CT molecular complexity index is 80.0. The zero-order valence-corrected chi connectivity index (χ0v) is 4.19. The Kier molecular flexibility index (Phi) is 13.8. The number of hydrogen-bond donors (Lipinski definition) is 0. The van der Waals surface area contributed by atoms with E-state index in [0.29, 0.717) is 0 Å². The van der Waals surface area contributed by atoms with Gasteiger partial charge < -0.3 is 19.8 Å². The molecule has 6 heteroatoms. The summed E-state index contributed by atoms with van der Waals surface area (Å²) in [4.78, 5) is 17.9. The minimum absolute atomic E-state index is 0. The van der Waals surface area contributed by atoms with Crippen LogP contribution in [0.5, 0.6) is 0 Å². The molecule has 0 aliphatic carbocycles. The van der Waals surface area contributed by atoms with Gasteiger partial charge in [-0.25, -0.2) is 0 Å². The van der Waals surface area contributed by atoms with Crippen molar-refractivity contribution in [2.45, 2.75) is 0 Å². The largest absolute Gasteiger partial charge is 2.00 e. The summed E-state index contributed by atoms with van der Waals surface area (Å²) in [5.74, 6) is -4.37. The topological polar surface area (TPSA) is 80.3 Å². The molecule has 0 aliphatic rings. The summed E-state index contributed by atoms with van der Waals surface area (Å²) in [7, 11) is 0. The van der Waals surface area contributed by atoms with Gasteiger partial charge in [0.05, 0.1) is 11.9 Å². The van der Waals surface area contributed by atoms with Crippen LogP contribution in [-0.2, 0) is 26.7 Å². The van der Waals surface area contributed by atoms with E-state index in [1.54, 1.807) is 0 Å². The van der Waals surface area contributed by atoms with Crippen LogP contribution in [-0.4, -0.2) is 30.8 Å². The summed E-state index contributed by atoms with van der Waals surface area (Å²) in [6.07, 6.45) is 0. The van der Waals surface area contributed by atoms with Crippen molar-refractivity contribution in [1.29, 1.82) is 0 Å². The molecule has 0 amide bonds. The van der Waals surface area contributed by atoms with E-state index in [1.165, 1.54) is 0 Å². The van der Waals surface area contributed by atoms with E-state index < -0.39 is 11.9 Å². The summed E-state index contributed by atoms with van der Waals surface area (Å²) in [6, 6.07) is 0. The maximum atomic E-state index is 8.93. The minimum Gasteiger partial charge on any atom is 2.00 e. The van der Waals surface area contributed by atoms with Crippen molar-refractivity contribution in [2.75, 3.05) is 0 Å². The Morgan fingerprint density at radius 1 is 1.00 bits per heavy atom. The summed E-state index contributed by atoms with van der Waals surface area (Å²) in [5, 5.41) is 17.9. The number of carbonyl (C=O) groups excluding carboxylic acids is 2.